The Kier molecular flexibility index (Phi) is 2.65. The lowest BCUT2D eigenvalue weighted by atomic mass is 10.2. The Morgan fingerprint density at radius 2 is 1.78 bits per heavy atom. The Hall–Kier alpha value is -2.42. The second-order valence-corrected chi connectivity index (χ2v) is 4.01. The quantitative estimate of drug-likeness (QED) is 0.664. The summed E-state index contributed by atoms with van der Waals surface area (Å²) in [6, 6.07) is 14.3. The van der Waals surface area contributed by atoms with Crippen molar-refractivity contribution in [2.45, 2.75) is 0 Å². The van der Waals surface area contributed by atoms with Crippen LogP contribution in [0.3, 0.4) is 0 Å². The number of benzene rings is 2. The molecule has 0 aliphatic rings. The fraction of sp³-hybridized carbons (Fsp3) is 0. The maximum absolute atomic E-state index is 12.8. The zero-order valence-electron chi connectivity index (χ0n) is 9.62. The minimum Gasteiger partial charge on any atom is -0.306 e. The smallest absolute Gasteiger partial charge is 0.123 e. The summed E-state index contributed by atoms with van der Waals surface area (Å²) in [6.45, 7) is 0. The summed E-state index contributed by atoms with van der Waals surface area (Å²) in [7, 11) is 0. The van der Waals surface area contributed by atoms with Gasteiger partial charge in [0.2, 0.25) is 0 Å². The highest BCUT2D eigenvalue weighted by Gasteiger charge is 1.97. The van der Waals surface area contributed by atoms with Crippen molar-refractivity contribution in [3.8, 4) is 0 Å². The molecule has 1 heterocycles. The molecule has 2 aromatic carbocycles. The third-order valence-electron chi connectivity index (χ3n) is 2.78. The van der Waals surface area contributed by atoms with E-state index in [1.807, 2.05) is 41.1 Å². The van der Waals surface area contributed by atoms with Crippen LogP contribution in [-0.2, 0) is 0 Å². The molecule has 3 rings (SSSR count). The van der Waals surface area contributed by atoms with E-state index < -0.39 is 0 Å². The molecule has 0 fully saturated rings. The van der Waals surface area contributed by atoms with Crippen molar-refractivity contribution < 1.29 is 4.39 Å². The van der Waals surface area contributed by atoms with Crippen LogP contribution in [0, 0.1) is 5.82 Å². The molecule has 1 aromatic heterocycles. The fourth-order valence-corrected chi connectivity index (χ4v) is 1.84. The fourth-order valence-electron chi connectivity index (χ4n) is 1.84. The maximum Gasteiger partial charge on any atom is 0.123 e. The topological polar surface area (TPSA) is 17.8 Å². The van der Waals surface area contributed by atoms with Crippen LogP contribution in [-0.4, -0.2) is 9.55 Å². The van der Waals surface area contributed by atoms with Gasteiger partial charge in [0.15, 0.2) is 0 Å². The van der Waals surface area contributed by atoms with Crippen LogP contribution in [0.15, 0.2) is 54.9 Å². The Morgan fingerprint density at radius 3 is 2.61 bits per heavy atom. The first-order valence-electron chi connectivity index (χ1n) is 5.68. The van der Waals surface area contributed by atoms with Crippen LogP contribution in [0.5, 0.6) is 0 Å². The normalized spacial score (nSPS) is 11.4. The van der Waals surface area contributed by atoms with Crippen molar-refractivity contribution in [1.82, 2.24) is 9.55 Å². The van der Waals surface area contributed by atoms with Gasteiger partial charge in [0.1, 0.15) is 5.82 Å². The minimum atomic E-state index is -0.222. The number of para-hydroxylation sites is 2. The Bertz CT molecular complexity index is 696. The van der Waals surface area contributed by atoms with Gasteiger partial charge >= 0.3 is 0 Å². The Labute approximate surface area is 104 Å². The number of rotatable bonds is 2. The monoisotopic (exact) mass is 238 g/mol. The molecule has 0 atom stereocenters. The van der Waals surface area contributed by atoms with Crippen LogP contribution in [0.25, 0.3) is 23.3 Å². The van der Waals surface area contributed by atoms with E-state index >= 15 is 0 Å². The standard InChI is InChI=1S/C15H11FN2/c16-13-7-5-12(6-8-13)9-10-18-11-17-14-3-1-2-4-15(14)18/h1-11H. The molecule has 0 saturated carbocycles. The van der Waals surface area contributed by atoms with E-state index in [2.05, 4.69) is 4.98 Å². The average molecular weight is 238 g/mol. The second kappa shape index (κ2) is 4.45. The summed E-state index contributed by atoms with van der Waals surface area (Å²) in [4.78, 5) is 4.30. The molecule has 0 aliphatic carbocycles. The van der Waals surface area contributed by atoms with Crippen LogP contribution < -0.4 is 0 Å². The van der Waals surface area contributed by atoms with Crippen LogP contribution in [0.2, 0.25) is 0 Å². The van der Waals surface area contributed by atoms with Gasteiger partial charge in [0.05, 0.1) is 17.4 Å². The minimum absolute atomic E-state index is 0.222. The van der Waals surface area contributed by atoms with E-state index in [1.165, 1.54) is 12.1 Å². The van der Waals surface area contributed by atoms with Crippen LogP contribution >= 0.6 is 0 Å². The first-order valence-corrected chi connectivity index (χ1v) is 5.68. The zero-order valence-corrected chi connectivity index (χ0v) is 9.62. The van der Waals surface area contributed by atoms with Gasteiger partial charge in [0, 0.05) is 6.20 Å². The van der Waals surface area contributed by atoms with E-state index in [9.17, 15) is 4.39 Å². The molecule has 0 saturated heterocycles. The molecular weight excluding hydrogens is 227 g/mol. The van der Waals surface area contributed by atoms with Crippen LogP contribution in [0.4, 0.5) is 4.39 Å². The zero-order chi connectivity index (χ0) is 12.4. The average Bonchev–Trinajstić information content (AvgIpc) is 2.82. The van der Waals surface area contributed by atoms with Crippen molar-refractivity contribution in [3.63, 3.8) is 0 Å². The summed E-state index contributed by atoms with van der Waals surface area (Å²) in [6.07, 6.45) is 5.61. The molecular formula is C15H11FN2. The number of hydrogen-bond acceptors (Lipinski definition) is 1. The summed E-state index contributed by atoms with van der Waals surface area (Å²) >= 11 is 0. The highest BCUT2D eigenvalue weighted by molar-refractivity contribution is 5.78. The van der Waals surface area contributed by atoms with E-state index in [4.69, 9.17) is 0 Å². The number of fused-ring (bicyclic) bond motifs is 1. The maximum atomic E-state index is 12.8. The number of halogens is 1. The van der Waals surface area contributed by atoms with Crippen molar-refractivity contribution >= 4 is 23.3 Å². The van der Waals surface area contributed by atoms with Gasteiger partial charge in [0.25, 0.3) is 0 Å². The lowest BCUT2D eigenvalue weighted by Crippen LogP contribution is -1.82. The summed E-state index contributed by atoms with van der Waals surface area (Å²) in [5.74, 6) is -0.222. The van der Waals surface area contributed by atoms with Crippen molar-refractivity contribution in [2.75, 3.05) is 0 Å². The first kappa shape index (κ1) is 10.7. The number of imidazole rings is 1. The lowest BCUT2D eigenvalue weighted by Gasteiger charge is -1.96. The molecule has 3 heteroatoms. The molecule has 0 aliphatic heterocycles. The van der Waals surface area contributed by atoms with Crippen molar-refractivity contribution in [1.29, 1.82) is 0 Å². The Balaban J connectivity index is 1.94. The van der Waals surface area contributed by atoms with Gasteiger partial charge in [-0.05, 0) is 35.9 Å². The number of aromatic nitrogens is 2. The molecule has 0 amide bonds. The molecule has 88 valence electrons. The lowest BCUT2D eigenvalue weighted by molar-refractivity contribution is 0.628. The first-order chi connectivity index (χ1) is 8.83. The molecule has 0 N–H and O–H groups in total. The largest absolute Gasteiger partial charge is 0.306 e. The molecule has 3 aromatic rings. The molecule has 2 nitrogen and oxygen atoms in total. The predicted molar refractivity (Wildman–Crippen MR) is 71.4 cm³/mol. The molecule has 0 radical (unpaired) electrons. The third-order valence-corrected chi connectivity index (χ3v) is 2.78. The van der Waals surface area contributed by atoms with Gasteiger partial charge < -0.3 is 4.57 Å². The molecule has 0 spiro atoms. The summed E-state index contributed by atoms with van der Waals surface area (Å²) in [5, 5.41) is 0. The SMILES string of the molecule is Fc1ccc(C=Cn2cnc3ccccc32)cc1. The molecule has 18 heavy (non-hydrogen) atoms. The van der Waals surface area contributed by atoms with Gasteiger partial charge in [-0.15, -0.1) is 0 Å². The van der Waals surface area contributed by atoms with Crippen molar-refractivity contribution in [3.05, 3.63) is 66.2 Å². The summed E-state index contributed by atoms with van der Waals surface area (Å²) < 4.78 is 14.7. The van der Waals surface area contributed by atoms with Gasteiger partial charge in [-0.2, -0.15) is 0 Å². The van der Waals surface area contributed by atoms with Crippen LogP contribution in [0.1, 0.15) is 5.56 Å². The highest BCUT2D eigenvalue weighted by Crippen LogP contribution is 2.13. The van der Waals surface area contributed by atoms with Gasteiger partial charge in [-0.1, -0.05) is 24.3 Å². The van der Waals surface area contributed by atoms with E-state index in [0.717, 1.165) is 16.6 Å². The van der Waals surface area contributed by atoms with Crippen molar-refractivity contribution in [2.24, 2.45) is 0 Å². The second-order valence-electron chi connectivity index (χ2n) is 4.01. The Morgan fingerprint density at radius 1 is 1.00 bits per heavy atom. The van der Waals surface area contributed by atoms with E-state index in [-0.39, 0.29) is 5.82 Å². The van der Waals surface area contributed by atoms with E-state index in [0.29, 0.717) is 0 Å². The third kappa shape index (κ3) is 2.02. The highest BCUT2D eigenvalue weighted by atomic mass is 19.1. The molecule has 0 bridgehead atoms. The molecule has 0 unspecified atom stereocenters. The van der Waals surface area contributed by atoms with Gasteiger partial charge in [-0.3, -0.25) is 0 Å². The van der Waals surface area contributed by atoms with Gasteiger partial charge in [-0.25, -0.2) is 9.37 Å². The number of nitrogens with zero attached hydrogens (tertiary/aromatic N) is 2. The van der Waals surface area contributed by atoms with E-state index in [1.54, 1.807) is 18.5 Å². The predicted octanol–water partition coefficient (Wildman–Crippen LogP) is 3.80. The number of hydrogen-bond donors (Lipinski definition) is 0. The summed E-state index contributed by atoms with van der Waals surface area (Å²) in [5.41, 5.74) is 2.96.